The van der Waals surface area contributed by atoms with Crippen molar-refractivity contribution in [1.82, 2.24) is 0 Å². The molecule has 2 unspecified atom stereocenters. The van der Waals surface area contributed by atoms with E-state index >= 15 is 0 Å². The van der Waals surface area contributed by atoms with E-state index in [1.807, 2.05) is 20.8 Å². The standard InChI is InChI=1S/C34H47NO13/c1-10-17-20(32(7)33(8,42)29(41)48-34(32)28(10)47-34)24(44-12(3)37)18-16-19(25(45-13(4)38)27(40)31(17,18)6)30(5)14(9-15-22(46-15)26(30)39)21(35)23(16)43-11(2)36/h10,14-28,39-40,42H,9,35H2,1-8H3/t10-,14+,15-,16?,17-,18+,19?,20-,21-,22-,23+,24+,25-,26-,27-,28+,30-,31+,32-,33+,34-/m0/s1. The SMILES string of the molecule is CC(=O)O[C@H]1[C@@H]2[C@H]([C@H](C)[C@H]3O[C@]34OC(=O)[C@@](C)(O)[C@]24C)[C@]2(C)[C@@H]1C1C([C@H](OC(C)=O)[C@@H]2O)[C@]2(C)[C@H](C[C@@H]3O[C@@H]3[C@@H]2O)[C@H](N)[C@@H]1OC(C)=O. The first kappa shape index (κ1) is 32.8. The Labute approximate surface area is 278 Å². The number of hydrogen-bond acceptors (Lipinski definition) is 14. The summed E-state index contributed by atoms with van der Waals surface area (Å²) >= 11 is 0. The van der Waals surface area contributed by atoms with Crippen LogP contribution in [0.2, 0.25) is 0 Å². The Balaban J connectivity index is 1.40. The maximum Gasteiger partial charge on any atom is 0.341 e. The number of epoxide rings is 2. The first-order chi connectivity index (χ1) is 22.2. The second kappa shape index (κ2) is 9.49. The van der Waals surface area contributed by atoms with Crippen molar-refractivity contribution in [2.75, 3.05) is 0 Å². The number of rotatable bonds is 3. The van der Waals surface area contributed by atoms with Crippen molar-refractivity contribution in [3.8, 4) is 0 Å². The lowest BCUT2D eigenvalue weighted by molar-refractivity contribution is -0.282. The zero-order chi connectivity index (χ0) is 35.0. The minimum atomic E-state index is -2.08. The molecule has 3 heterocycles. The Morgan fingerprint density at radius 2 is 1.40 bits per heavy atom. The molecule has 3 aliphatic heterocycles. The first-order valence-electron chi connectivity index (χ1n) is 17.1. The van der Waals surface area contributed by atoms with Crippen LogP contribution in [0.25, 0.3) is 0 Å². The van der Waals surface area contributed by atoms with Crippen LogP contribution in [0.15, 0.2) is 0 Å². The summed E-state index contributed by atoms with van der Waals surface area (Å²) in [7, 11) is 0. The van der Waals surface area contributed by atoms with Crippen molar-refractivity contribution in [2.24, 2.45) is 63.4 Å². The van der Waals surface area contributed by atoms with Gasteiger partial charge >= 0.3 is 23.9 Å². The number of nitrogens with two attached hydrogens (primary N) is 1. The average Bonchev–Trinajstić information content (AvgIpc) is 3.88. The minimum Gasteiger partial charge on any atom is -0.462 e. The molecule has 0 amide bonds. The lowest BCUT2D eigenvalue weighted by Crippen LogP contribution is -2.76. The van der Waals surface area contributed by atoms with Gasteiger partial charge in [-0.3, -0.25) is 14.4 Å². The number of aliphatic hydroxyl groups excluding tert-OH is 2. The summed E-state index contributed by atoms with van der Waals surface area (Å²) in [6.45, 7) is 12.5. The van der Waals surface area contributed by atoms with Crippen LogP contribution in [0.4, 0.5) is 0 Å². The van der Waals surface area contributed by atoms with Crippen LogP contribution in [0.5, 0.6) is 0 Å². The number of hydrogen-bond donors (Lipinski definition) is 4. The molecule has 1 spiro atoms. The van der Waals surface area contributed by atoms with E-state index in [2.05, 4.69) is 0 Å². The molecule has 48 heavy (non-hydrogen) atoms. The molecule has 266 valence electrons. The van der Waals surface area contributed by atoms with Crippen molar-refractivity contribution in [1.29, 1.82) is 0 Å². The quantitative estimate of drug-likeness (QED) is 0.173. The summed E-state index contributed by atoms with van der Waals surface area (Å²) in [6, 6.07) is -0.811. The Hall–Kier alpha value is -2.36. The summed E-state index contributed by atoms with van der Waals surface area (Å²) in [4.78, 5) is 52.3. The lowest BCUT2D eigenvalue weighted by atomic mass is 9.40. The van der Waals surface area contributed by atoms with Gasteiger partial charge in [-0.1, -0.05) is 20.8 Å². The zero-order valence-corrected chi connectivity index (χ0v) is 28.4. The van der Waals surface area contributed by atoms with Crippen molar-refractivity contribution >= 4 is 23.9 Å². The Morgan fingerprint density at radius 1 is 0.833 bits per heavy atom. The van der Waals surface area contributed by atoms with Gasteiger partial charge in [0.25, 0.3) is 0 Å². The number of carbonyl (C=O) groups is 4. The fourth-order valence-electron chi connectivity index (χ4n) is 13.1. The number of ether oxygens (including phenoxy) is 6. The molecule has 14 nitrogen and oxygen atoms in total. The molecule has 0 bridgehead atoms. The van der Waals surface area contributed by atoms with E-state index in [0.717, 1.165) is 0 Å². The van der Waals surface area contributed by atoms with Crippen LogP contribution in [0.3, 0.4) is 0 Å². The molecule has 5 N–H and O–H groups in total. The van der Waals surface area contributed by atoms with E-state index in [1.54, 1.807) is 6.92 Å². The Kier molecular flexibility index (Phi) is 6.49. The molecule has 0 aromatic heterocycles. The Morgan fingerprint density at radius 3 is 2.00 bits per heavy atom. The van der Waals surface area contributed by atoms with Gasteiger partial charge in [-0.25, -0.2) is 4.79 Å². The molecular formula is C34H47NO13. The molecule has 0 aromatic carbocycles. The van der Waals surface area contributed by atoms with Crippen LogP contribution in [-0.4, -0.2) is 105 Å². The van der Waals surface area contributed by atoms with Crippen molar-refractivity contribution < 1.29 is 62.9 Å². The molecule has 8 aliphatic rings. The maximum atomic E-state index is 13.4. The zero-order valence-electron chi connectivity index (χ0n) is 28.4. The lowest BCUT2D eigenvalue weighted by Gasteiger charge is -2.67. The predicted molar refractivity (Wildman–Crippen MR) is 159 cm³/mol. The highest BCUT2D eigenvalue weighted by atomic mass is 16.8. The summed E-state index contributed by atoms with van der Waals surface area (Å²) < 4.78 is 36.5. The van der Waals surface area contributed by atoms with Gasteiger partial charge in [-0.05, 0) is 38.0 Å². The number of esters is 4. The van der Waals surface area contributed by atoms with Gasteiger partial charge in [0.2, 0.25) is 5.79 Å². The second-order valence-electron chi connectivity index (χ2n) is 16.8. The molecule has 8 fully saturated rings. The van der Waals surface area contributed by atoms with Gasteiger partial charge in [-0.15, -0.1) is 0 Å². The van der Waals surface area contributed by atoms with E-state index in [-0.39, 0.29) is 6.10 Å². The van der Waals surface area contributed by atoms with Gasteiger partial charge in [0, 0.05) is 61.3 Å². The van der Waals surface area contributed by atoms with Gasteiger partial charge in [-0.2, -0.15) is 0 Å². The summed E-state index contributed by atoms with van der Waals surface area (Å²) in [6.07, 6.45) is -6.65. The van der Waals surface area contributed by atoms with Crippen molar-refractivity contribution in [3.05, 3.63) is 0 Å². The molecule has 8 rings (SSSR count). The number of fused-ring (bicyclic) bond motifs is 9. The first-order valence-corrected chi connectivity index (χ1v) is 17.1. The van der Waals surface area contributed by atoms with Crippen molar-refractivity contribution in [2.45, 2.75) is 128 Å². The average molecular weight is 678 g/mol. The Bertz CT molecular complexity index is 1500. The summed E-state index contributed by atoms with van der Waals surface area (Å²) in [5.74, 6) is -9.03. The summed E-state index contributed by atoms with van der Waals surface area (Å²) in [5, 5.41) is 36.8. The highest BCUT2D eigenvalue weighted by molar-refractivity contribution is 5.84. The molecule has 5 saturated carbocycles. The largest absolute Gasteiger partial charge is 0.462 e. The van der Waals surface area contributed by atoms with Crippen LogP contribution in [0, 0.1) is 57.7 Å². The normalized spacial score (nSPS) is 61.1. The molecule has 0 radical (unpaired) electrons. The van der Waals surface area contributed by atoms with Crippen molar-refractivity contribution in [3.63, 3.8) is 0 Å². The van der Waals surface area contributed by atoms with E-state index in [1.165, 1.54) is 27.7 Å². The van der Waals surface area contributed by atoms with Gasteiger partial charge < -0.3 is 49.5 Å². The monoisotopic (exact) mass is 677 g/mol. The molecule has 0 aromatic rings. The molecular weight excluding hydrogens is 630 g/mol. The highest BCUT2D eigenvalue weighted by Gasteiger charge is 2.93. The van der Waals surface area contributed by atoms with E-state index in [4.69, 9.17) is 34.2 Å². The van der Waals surface area contributed by atoms with E-state index in [0.29, 0.717) is 6.42 Å². The topological polar surface area (TPSA) is 217 Å². The second-order valence-corrected chi connectivity index (χ2v) is 16.8. The van der Waals surface area contributed by atoms with E-state index < -0.39 is 142 Å². The van der Waals surface area contributed by atoms with Crippen LogP contribution in [0.1, 0.15) is 61.8 Å². The third-order valence-corrected chi connectivity index (χ3v) is 15.1. The predicted octanol–water partition coefficient (Wildman–Crippen LogP) is -0.189. The van der Waals surface area contributed by atoms with E-state index in [9.17, 15) is 34.5 Å². The third-order valence-electron chi connectivity index (χ3n) is 15.1. The van der Waals surface area contributed by atoms with Crippen LogP contribution < -0.4 is 5.73 Å². The molecule has 21 atom stereocenters. The van der Waals surface area contributed by atoms with Crippen LogP contribution in [-0.2, 0) is 47.6 Å². The fourth-order valence-corrected chi connectivity index (χ4v) is 13.1. The highest BCUT2D eigenvalue weighted by Crippen LogP contribution is 2.81. The summed E-state index contributed by atoms with van der Waals surface area (Å²) in [5.41, 5.74) is 1.19. The molecule has 5 aliphatic carbocycles. The number of aliphatic hydroxyl groups is 3. The van der Waals surface area contributed by atoms with Gasteiger partial charge in [0.15, 0.2) is 5.60 Å². The molecule has 14 heteroatoms. The smallest absolute Gasteiger partial charge is 0.341 e. The molecule has 3 saturated heterocycles. The van der Waals surface area contributed by atoms with Gasteiger partial charge in [0.05, 0.1) is 23.7 Å². The fraction of sp³-hybridized carbons (Fsp3) is 0.882. The maximum absolute atomic E-state index is 13.4. The minimum absolute atomic E-state index is 0.237. The van der Waals surface area contributed by atoms with Crippen LogP contribution >= 0.6 is 0 Å². The third kappa shape index (κ3) is 3.45. The number of carbonyl (C=O) groups excluding carboxylic acids is 4. The van der Waals surface area contributed by atoms with Gasteiger partial charge in [0.1, 0.15) is 30.5 Å².